The van der Waals surface area contributed by atoms with Gasteiger partial charge < -0.3 is 10.3 Å². The predicted octanol–water partition coefficient (Wildman–Crippen LogP) is 0.563. The molecule has 0 spiro atoms. The van der Waals surface area contributed by atoms with Crippen LogP contribution in [0.4, 0.5) is 5.95 Å². The van der Waals surface area contributed by atoms with E-state index in [2.05, 4.69) is 4.98 Å². The molecule has 19 heavy (non-hydrogen) atoms. The van der Waals surface area contributed by atoms with Gasteiger partial charge in [-0.05, 0) is 27.7 Å². The fourth-order valence-corrected chi connectivity index (χ4v) is 2.34. The van der Waals surface area contributed by atoms with Crippen LogP contribution in [0.3, 0.4) is 0 Å². The summed E-state index contributed by atoms with van der Waals surface area (Å²) in [6, 6.07) is -0.0898. The Balaban J connectivity index is 3.11. The number of rotatable bonds is 3. The van der Waals surface area contributed by atoms with Crippen LogP contribution in [0.2, 0.25) is 0 Å². The average Bonchev–Trinajstić information content (AvgIpc) is 2.65. The molecule has 0 amide bonds. The molecular formula is C12H19N5O2. The van der Waals surface area contributed by atoms with Crippen molar-refractivity contribution in [2.24, 2.45) is 0 Å². The number of anilines is 1. The van der Waals surface area contributed by atoms with Gasteiger partial charge in [0, 0.05) is 19.1 Å². The Hall–Kier alpha value is -2.05. The standard InChI is InChI=1S/C12H19N5O2/c1-5-15-8-9(14-11(15)13)17(7(3)4)12(19)16(6-2)10(8)18/h7H,5-6H2,1-4H3,(H2,13,14). The maximum Gasteiger partial charge on any atom is 0.332 e. The molecular weight excluding hydrogens is 246 g/mol. The molecule has 7 heteroatoms. The van der Waals surface area contributed by atoms with Crippen molar-refractivity contribution in [3.63, 3.8) is 0 Å². The molecule has 7 nitrogen and oxygen atoms in total. The molecule has 0 aliphatic rings. The third-order valence-corrected chi connectivity index (χ3v) is 3.24. The minimum atomic E-state index is -0.337. The van der Waals surface area contributed by atoms with Crippen molar-refractivity contribution in [3.8, 4) is 0 Å². The van der Waals surface area contributed by atoms with Crippen LogP contribution in [-0.2, 0) is 13.1 Å². The van der Waals surface area contributed by atoms with Crippen LogP contribution < -0.4 is 17.0 Å². The summed E-state index contributed by atoms with van der Waals surface area (Å²) < 4.78 is 4.38. The molecule has 2 aromatic heterocycles. The number of nitrogens with zero attached hydrogens (tertiary/aromatic N) is 4. The summed E-state index contributed by atoms with van der Waals surface area (Å²) in [5.74, 6) is 0.261. The number of nitrogens with two attached hydrogens (primary N) is 1. The van der Waals surface area contributed by atoms with Crippen molar-refractivity contribution >= 4 is 17.1 Å². The molecule has 0 atom stereocenters. The first-order valence-electron chi connectivity index (χ1n) is 6.45. The van der Waals surface area contributed by atoms with Crippen LogP contribution in [0.1, 0.15) is 33.7 Å². The molecule has 0 aliphatic heterocycles. The molecule has 2 rings (SSSR count). The van der Waals surface area contributed by atoms with Crippen LogP contribution in [-0.4, -0.2) is 18.7 Å². The summed E-state index contributed by atoms with van der Waals surface area (Å²) in [6.45, 7) is 8.29. The van der Waals surface area contributed by atoms with E-state index in [0.29, 0.717) is 24.3 Å². The Kier molecular flexibility index (Phi) is 3.21. The predicted molar refractivity (Wildman–Crippen MR) is 74.4 cm³/mol. The number of imidazole rings is 1. The zero-order valence-corrected chi connectivity index (χ0v) is 11.7. The summed E-state index contributed by atoms with van der Waals surface area (Å²) in [4.78, 5) is 28.9. The Morgan fingerprint density at radius 3 is 2.21 bits per heavy atom. The summed E-state index contributed by atoms with van der Waals surface area (Å²) in [5, 5.41) is 0. The largest absolute Gasteiger partial charge is 0.369 e. The van der Waals surface area contributed by atoms with Gasteiger partial charge >= 0.3 is 5.69 Å². The van der Waals surface area contributed by atoms with E-state index >= 15 is 0 Å². The maximum absolute atomic E-state index is 12.4. The Morgan fingerprint density at radius 1 is 1.16 bits per heavy atom. The van der Waals surface area contributed by atoms with Gasteiger partial charge in [-0.25, -0.2) is 4.79 Å². The highest BCUT2D eigenvalue weighted by molar-refractivity contribution is 5.73. The van der Waals surface area contributed by atoms with Gasteiger partial charge in [0.1, 0.15) is 0 Å². The van der Waals surface area contributed by atoms with E-state index in [-0.39, 0.29) is 23.2 Å². The molecule has 0 saturated carbocycles. The third kappa shape index (κ3) is 1.76. The van der Waals surface area contributed by atoms with Gasteiger partial charge in [-0.15, -0.1) is 0 Å². The molecule has 2 heterocycles. The fourth-order valence-electron chi connectivity index (χ4n) is 2.34. The zero-order chi connectivity index (χ0) is 14.3. The number of nitrogen functional groups attached to an aromatic ring is 1. The second-order valence-electron chi connectivity index (χ2n) is 4.68. The van der Waals surface area contributed by atoms with Crippen molar-refractivity contribution in [2.75, 3.05) is 5.73 Å². The quantitative estimate of drug-likeness (QED) is 0.878. The number of hydrogen-bond acceptors (Lipinski definition) is 4. The van der Waals surface area contributed by atoms with Gasteiger partial charge in [0.2, 0.25) is 5.95 Å². The smallest absolute Gasteiger partial charge is 0.332 e. The first kappa shape index (κ1) is 13.4. The van der Waals surface area contributed by atoms with Crippen molar-refractivity contribution in [1.29, 1.82) is 0 Å². The highest BCUT2D eigenvalue weighted by atomic mass is 16.2. The average molecular weight is 265 g/mol. The molecule has 2 N–H and O–H groups in total. The van der Waals surface area contributed by atoms with Crippen LogP contribution in [0, 0.1) is 0 Å². The molecule has 104 valence electrons. The second-order valence-corrected chi connectivity index (χ2v) is 4.68. The van der Waals surface area contributed by atoms with Crippen LogP contribution >= 0.6 is 0 Å². The summed E-state index contributed by atoms with van der Waals surface area (Å²) in [7, 11) is 0. The first-order chi connectivity index (χ1) is 8.93. The number of hydrogen-bond donors (Lipinski definition) is 1. The Labute approximate surface area is 110 Å². The monoisotopic (exact) mass is 265 g/mol. The molecule has 0 saturated heterocycles. The van der Waals surface area contributed by atoms with E-state index in [9.17, 15) is 9.59 Å². The number of aryl methyl sites for hydroxylation is 1. The molecule has 0 aliphatic carbocycles. The van der Waals surface area contributed by atoms with E-state index in [1.807, 2.05) is 20.8 Å². The van der Waals surface area contributed by atoms with Gasteiger partial charge in [-0.3, -0.25) is 13.9 Å². The van der Waals surface area contributed by atoms with Gasteiger partial charge in [0.25, 0.3) is 5.56 Å². The van der Waals surface area contributed by atoms with Crippen LogP contribution in [0.15, 0.2) is 9.59 Å². The molecule has 0 radical (unpaired) electrons. The molecule has 0 bridgehead atoms. The van der Waals surface area contributed by atoms with Gasteiger partial charge in [-0.1, -0.05) is 0 Å². The highest BCUT2D eigenvalue weighted by Crippen LogP contribution is 2.15. The molecule has 2 aromatic rings. The van der Waals surface area contributed by atoms with E-state index in [0.717, 1.165) is 0 Å². The topological polar surface area (TPSA) is 87.8 Å². The van der Waals surface area contributed by atoms with E-state index < -0.39 is 0 Å². The Bertz CT molecular complexity index is 735. The Morgan fingerprint density at radius 2 is 1.74 bits per heavy atom. The maximum atomic E-state index is 12.4. The van der Waals surface area contributed by atoms with E-state index in [1.54, 1.807) is 11.5 Å². The minimum absolute atomic E-state index is 0.0898. The summed E-state index contributed by atoms with van der Waals surface area (Å²) >= 11 is 0. The van der Waals surface area contributed by atoms with Crippen molar-refractivity contribution in [1.82, 2.24) is 18.7 Å². The summed E-state index contributed by atoms with van der Waals surface area (Å²) in [6.07, 6.45) is 0. The lowest BCUT2D eigenvalue weighted by Crippen LogP contribution is -2.40. The molecule has 0 fully saturated rings. The molecule has 0 unspecified atom stereocenters. The second kappa shape index (κ2) is 4.56. The minimum Gasteiger partial charge on any atom is -0.369 e. The van der Waals surface area contributed by atoms with Crippen LogP contribution in [0.25, 0.3) is 11.2 Å². The first-order valence-corrected chi connectivity index (χ1v) is 6.45. The number of aromatic nitrogens is 4. The van der Waals surface area contributed by atoms with Gasteiger partial charge in [0.05, 0.1) is 0 Å². The lowest BCUT2D eigenvalue weighted by Gasteiger charge is -2.13. The molecule has 0 aromatic carbocycles. The lowest BCUT2D eigenvalue weighted by atomic mass is 10.3. The normalized spacial score (nSPS) is 11.6. The van der Waals surface area contributed by atoms with E-state index in [4.69, 9.17) is 5.73 Å². The van der Waals surface area contributed by atoms with Crippen molar-refractivity contribution in [3.05, 3.63) is 20.8 Å². The van der Waals surface area contributed by atoms with Crippen molar-refractivity contribution in [2.45, 2.75) is 46.8 Å². The third-order valence-electron chi connectivity index (χ3n) is 3.24. The van der Waals surface area contributed by atoms with Gasteiger partial charge in [-0.2, -0.15) is 4.98 Å². The van der Waals surface area contributed by atoms with Crippen molar-refractivity contribution < 1.29 is 0 Å². The fraction of sp³-hybridized carbons (Fsp3) is 0.583. The van der Waals surface area contributed by atoms with Crippen LogP contribution in [0.5, 0.6) is 0 Å². The summed E-state index contributed by atoms with van der Waals surface area (Å²) in [5.41, 5.74) is 5.93. The lowest BCUT2D eigenvalue weighted by molar-refractivity contribution is 0.532. The van der Waals surface area contributed by atoms with Gasteiger partial charge in [0.15, 0.2) is 11.2 Å². The highest BCUT2D eigenvalue weighted by Gasteiger charge is 2.20. The SMILES string of the molecule is CCn1c(=O)c2c(nc(N)n2CC)n(C(C)C)c1=O. The van der Waals surface area contributed by atoms with E-state index in [1.165, 1.54) is 9.13 Å². The zero-order valence-electron chi connectivity index (χ0n) is 11.7. The number of fused-ring (bicyclic) bond motifs is 1.